The molecular weight excluding hydrogens is 236 g/mol. The van der Waals surface area contributed by atoms with Crippen LogP contribution in [0.2, 0.25) is 0 Å². The smallest absolute Gasteiger partial charge is 0.203 e. The van der Waals surface area contributed by atoms with Crippen molar-refractivity contribution < 1.29 is 0 Å². The Balaban J connectivity index is 2.95. The molecule has 1 heterocycles. The molecule has 0 aliphatic carbocycles. The molecule has 0 bridgehead atoms. The maximum absolute atomic E-state index is 4.57. The Morgan fingerprint density at radius 3 is 2.68 bits per heavy atom. The van der Waals surface area contributed by atoms with Crippen LogP contribution in [-0.4, -0.2) is 41.6 Å². The van der Waals surface area contributed by atoms with E-state index in [1.165, 1.54) is 0 Å². The normalized spacial score (nSPS) is 13.0. The van der Waals surface area contributed by atoms with Crippen LogP contribution in [-0.2, 0) is 0 Å². The first-order valence-electron chi connectivity index (χ1n) is 6.99. The van der Waals surface area contributed by atoms with E-state index in [4.69, 9.17) is 0 Å². The summed E-state index contributed by atoms with van der Waals surface area (Å²) in [6, 6.07) is 0.448. The predicted octanol–water partition coefficient (Wildman–Crippen LogP) is 2.94. The van der Waals surface area contributed by atoms with Crippen LogP contribution in [0.4, 0.5) is 5.95 Å². The number of imidazole rings is 1. The lowest BCUT2D eigenvalue weighted by atomic mass is 10.0. The van der Waals surface area contributed by atoms with Crippen molar-refractivity contribution in [3.05, 3.63) is 24.5 Å². The van der Waals surface area contributed by atoms with E-state index in [1.807, 2.05) is 13.0 Å². The highest BCUT2D eigenvalue weighted by Gasteiger charge is 2.18. The first kappa shape index (κ1) is 15.8. The van der Waals surface area contributed by atoms with Crippen molar-refractivity contribution in [3.63, 3.8) is 0 Å². The molecule has 0 amide bonds. The number of aryl methyl sites for hydroxylation is 1. The highest BCUT2D eigenvalue weighted by Crippen LogP contribution is 2.23. The predicted molar refractivity (Wildman–Crippen MR) is 82.7 cm³/mol. The van der Waals surface area contributed by atoms with Crippen LogP contribution in [0.15, 0.2) is 18.9 Å². The van der Waals surface area contributed by atoms with Crippen LogP contribution in [0.25, 0.3) is 0 Å². The number of nitrogens with one attached hydrogen (secondary N) is 1. The minimum atomic E-state index is 0.448. The van der Waals surface area contributed by atoms with Gasteiger partial charge >= 0.3 is 0 Å². The number of anilines is 1. The molecule has 4 heteroatoms. The second-order valence-corrected chi connectivity index (χ2v) is 5.83. The van der Waals surface area contributed by atoms with Crippen molar-refractivity contribution in [1.82, 2.24) is 14.5 Å². The molecule has 0 aromatic carbocycles. The van der Waals surface area contributed by atoms with Gasteiger partial charge in [-0.25, -0.2) is 4.98 Å². The highest BCUT2D eigenvalue weighted by atomic mass is 15.2. The van der Waals surface area contributed by atoms with E-state index in [9.17, 15) is 0 Å². The number of aromatic nitrogens is 2. The zero-order chi connectivity index (χ0) is 14.4. The van der Waals surface area contributed by atoms with E-state index < -0.39 is 0 Å². The summed E-state index contributed by atoms with van der Waals surface area (Å²) in [7, 11) is 4.24. The summed E-state index contributed by atoms with van der Waals surface area (Å²) in [5.41, 5.74) is 1.05. The number of rotatable bonds is 8. The lowest BCUT2D eigenvalue weighted by Gasteiger charge is -2.25. The van der Waals surface area contributed by atoms with E-state index in [1.54, 1.807) is 0 Å². The molecule has 1 aromatic heterocycles. The van der Waals surface area contributed by atoms with E-state index >= 15 is 0 Å². The Kier molecular flexibility index (Phi) is 6.09. The van der Waals surface area contributed by atoms with E-state index in [0.29, 0.717) is 12.0 Å². The molecule has 0 saturated carbocycles. The molecule has 0 saturated heterocycles. The summed E-state index contributed by atoms with van der Waals surface area (Å²) in [6.45, 7) is 12.1. The fourth-order valence-corrected chi connectivity index (χ4v) is 2.33. The molecule has 0 aliphatic heterocycles. The van der Waals surface area contributed by atoms with Gasteiger partial charge in [0, 0.05) is 25.3 Å². The summed E-state index contributed by atoms with van der Waals surface area (Å²) in [5.74, 6) is 1.62. The fourth-order valence-electron chi connectivity index (χ4n) is 2.33. The summed E-state index contributed by atoms with van der Waals surface area (Å²) >= 11 is 0. The van der Waals surface area contributed by atoms with Crippen molar-refractivity contribution in [3.8, 4) is 0 Å². The third kappa shape index (κ3) is 5.07. The van der Waals surface area contributed by atoms with Gasteiger partial charge in [-0.3, -0.25) is 0 Å². The molecule has 1 aromatic rings. The maximum Gasteiger partial charge on any atom is 0.203 e. The van der Waals surface area contributed by atoms with Gasteiger partial charge in [-0.1, -0.05) is 19.9 Å². The molecule has 1 atom stereocenters. The van der Waals surface area contributed by atoms with Gasteiger partial charge in [0.05, 0.1) is 5.69 Å². The minimum absolute atomic E-state index is 0.448. The molecule has 0 spiro atoms. The van der Waals surface area contributed by atoms with Gasteiger partial charge < -0.3 is 14.8 Å². The SMILES string of the molecule is C=CCNc1nc(C)cn1C(CC(C)C)CN(C)C. The maximum atomic E-state index is 4.57. The number of likely N-dealkylation sites (N-methyl/N-ethyl adjacent to an activating group) is 1. The molecular formula is C15H28N4. The summed E-state index contributed by atoms with van der Waals surface area (Å²) in [4.78, 5) is 6.80. The van der Waals surface area contributed by atoms with E-state index in [2.05, 4.69) is 60.5 Å². The third-order valence-electron chi connectivity index (χ3n) is 2.97. The standard InChI is InChI=1S/C15H28N4/c1-7-8-16-15-17-13(4)10-19(15)14(9-12(2)3)11-18(5)6/h7,10,12,14H,1,8-9,11H2,2-6H3,(H,16,17). The van der Waals surface area contributed by atoms with Crippen LogP contribution in [0.3, 0.4) is 0 Å². The van der Waals surface area contributed by atoms with E-state index in [-0.39, 0.29) is 0 Å². The first-order valence-corrected chi connectivity index (χ1v) is 6.99. The monoisotopic (exact) mass is 264 g/mol. The summed E-state index contributed by atoms with van der Waals surface area (Å²) < 4.78 is 2.28. The molecule has 0 aliphatic rings. The topological polar surface area (TPSA) is 33.1 Å². The molecule has 0 fully saturated rings. The first-order chi connectivity index (χ1) is 8.93. The third-order valence-corrected chi connectivity index (χ3v) is 2.97. The van der Waals surface area contributed by atoms with Gasteiger partial charge in [0.2, 0.25) is 5.95 Å². The van der Waals surface area contributed by atoms with Crippen LogP contribution in [0, 0.1) is 12.8 Å². The average molecular weight is 264 g/mol. The summed E-state index contributed by atoms with van der Waals surface area (Å²) in [6.07, 6.45) is 5.15. The van der Waals surface area contributed by atoms with Crippen molar-refractivity contribution in [1.29, 1.82) is 0 Å². The van der Waals surface area contributed by atoms with Gasteiger partial charge in [0.15, 0.2) is 0 Å². The minimum Gasteiger partial charge on any atom is -0.352 e. The lowest BCUT2D eigenvalue weighted by Crippen LogP contribution is -2.26. The molecule has 0 radical (unpaired) electrons. The van der Waals surface area contributed by atoms with Crippen LogP contribution in [0.5, 0.6) is 0 Å². The molecule has 19 heavy (non-hydrogen) atoms. The van der Waals surface area contributed by atoms with Gasteiger partial charge in [0.1, 0.15) is 0 Å². The molecule has 108 valence electrons. The molecule has 4 nitrogen and oxygen atoms in total. The largest absolute Gasteiger partial charge is 0.352 e. The Morgan fingerprint density at radius 1 is 1.47 bits per heavy atom. The molecule has 1 N–H and O–H groups in total. The Morgan fingerprint density at radius 2 is 2.16 bits per heavy atom. The van der Waals surface area contributed by atoms with Crippen molar-refractivity contribution in [2.75, 3.05) is 32.5 Å². The number of hydrogen-bond acceptors (Lipinski definition) is 3. The zero-order valence-corrected chi connectivity index (χ0v) is 13.0. The van der Waals surface area contributed by atoms with Crippen LogP contribution >= 0.6 is 0 Å². The fraction of sp³-hybridized carbons (Fsp3) is 0.667. The van der Waals surface area contributed by atoms with Gasteiger partial charge in [-0.2, -0.15) is 0 Å². The molecule has 1 unspecified atom stereocenters. The van der Waals surface area contributed by atoms with Gasteiger partial charge in [0.25, 0.3) is 0 Å². The Hall–Kier alpha value is -1.29. The van der Waals surface area contributed by atoms with Crippen LogP contribution < -0.4 is 5.32 Å². The Bertz CT molecular complexity index is 383. The zero-order valence-electron chi connectivity index (χ0n) is 13.0. The van der Waals surface area contributed by atoms with Crippen molar-refractivity contribution in [2.24, 2.45) is 5.92 Å². The van der Waals surface area contributed by atoms with Crippen molar-refractivity contribution in [2.45, 2.75) is 33.2 Å². The quantitative estimate of drug-likeness (QED) is 0.733. The lowest BCUT2D eigenvalue weighted by molar-refractivity contribution is 0.290. The second kappa shape index (κ2) is 7.34. The van der Waals surface area contributed by atoms with E-state index in [0.717, 1.165) is 31.2 Å². The van der Waals surface area contributed by atoms with Crippen LogP contribution in [0.1, 0.15) is 32.0 Å². The van der Waals surface area contributed by atoms with Gasteiger partial charge in [-0.15, -0.1) is 6.58 Å². The second-order valence-electron chi connectivity index (χ2n) is 5.83. The Labute approximate surface area is 117 Å². The average Bonchev–Trinajstić information content (AvgIpc) is 2.65. The summed E-state index contributed by atoms with van der Waals surface area (Å²) in [5, 5.41) is 3.33. The number of hydrogen-bond donors (Lipinski definition) is 1. The van der Waals surface area contributed by atoms with Gasteiger partial charge in [-0.05, 0) is 33.4 Å². The van der Waals surface area contributed by atoms with Crippen molar-refractivity contribution >= 4 is 5.95 Å². The number of nitrogens with zero attached hydrogens (tertiary/aromatic N) is 3. The highest BCUT2D eigenvalue weighted by molar-refractivity contribution is 5.30. The molecule has 1 rings (SSSR count).